The minimum absolute atomic E-state index is 0.0775. The van der Waals surface area contributed by atoms with Gasteiger partial charge < -0.3 is 14.2 Å². The fourth-order valence-corrected chi connectivity index (χ4v) is 2.45. The average Bonchev–Trinajstić information content (AvgIpc) is 2.67. The van der Waals surface area contributed by atoms with Crippen LogP contribution in [0.25, 0.3) is 0 Å². The van der Waals surface area contributed by atoms with Crippen molar-refractivity contribution in [2.24, 2.45) is 5.10 Å². The van der Waals surface area contributed by atoms with Crippen molar-refractivity contribution >= 4 is 12.1 Å². The van der Waals surface area contributed by atoms with Crippen LogP contribution in [0.1, 0.15) is 38.8 Å². The molecule has 2 aromatic carbocycles. The summed E-state index contributed by atoms with van der Waals surface area (Å²) < 4.78 is 16.3. The summed E-state index contributed by atoms with van der Waals surface area (Å²) in [6, 6.07) is 13.2. The fraction of sp³-hybridized carbons (Fsp3) is 0.364. The topological polar surface area (TPSA) is 69.2 Å². The van der Waals surface area contributed by atoms with E-state index in [4.69, 9.17) is 14.2 Å². The molecular weight excluding hydrogens is 356 g/mol. The first-order chi connectivity index (χ1) is 13.3. The second-order valence-electron chi connectivity index (χ2n) is 7.20. The summed E-state index contributed by atoms with van der Waals surface area (Å²) in [5.74, 6) is 1.58. The summed E-state index contributed by atoms with van der Waals surface area (Å²) in [5, 5.41) is 3.95. The van der Waals surface area contributed by atoms with Crippen LogP contribution in [-0.2, 0) is 10.2 Å². The summed E-state index contributed by atoms with van der Waals surface area (Å²) in [6.45, 7) is 8.79. The highest BCUT2D eigenvalue weighted by molar-refractivity contribution is 5.83. The number of amides is 1. The molecule has 0 saturated heterocycles. The van der Waals surface area contributed by atoms with E-state index in [0.29, 0.717) is 23.9 Å². The number of nitrogens with one attached hydrogen (secondary N) is 1. The van der Waals surface area contributed by atoms with E-state index in [1.54, 1.807) is 19.2 Å². The molecule has 0 spiro atoms. The van der Waals surface area contributed by atoms with Crippen LogP contribution in [0.3, 0.4) is 0 Å². The Kier molecular flexibility index (Phi) is 7.44. The Morgan fingerprint density at radius 2 is 1.79 bits per heavy atom. The maximum absolute atomic E-state index is 11.9. The van der Waals surface area contributed by atoms with E-state index in [-0.39, 0.29) is 17.9 Å². The molecule has 0 aliphatic carbocycles. The molecule has 6 heteroatoms. The Hall–Kier alpha value is -3.02. The number of hydrogen-bond donors (Lipinski definition) is 1. The third-order valence-corrected chi connectivity index (χ3v) is 3.98. The number of benzene rings is 2. The number of carbonyl (C=O) groups is 1. The van der Waals surface area contributed by atoms with Gasteiger partial charge >= 0.3 is 0 Å². The second kappa shape index (κ2) is 9.78. The maximum Gasteiger partial charge on any atom is 0.277 e. The zero-order chi connectivity index (χ0) is 20.6. The van der Waals surface area contributed by atoms with Gasteiger partial charge in [0, 0.05) is 0 Å². The molecule has 6 nitrogen and oxygen atoms in total. The lowest BCUT2D eigenvalue weighted by Gasteiger charge is -2.19. The number of carbonyl (C=O) groups excluding carboxylic acids is 1. The van der Waals surface area contributed by atoms with Crippen molar-refractivity contribution in [2.75, 3.05) is 20.3 Å². The number of rotatable bonds is 8. The summed E-state index contributed by atoms with van der Waals surface area (Å²) in [4.78, 5) is 11.9. The van der Waals surface area contributed by atoms with E-state index >= 15 is 0 Å². The van der Waals surface area contributed by atoms with Gasteiger partial charge in [0.05, 0.1) is 19.9 Å². The van der Waals surface area contributed by atoms with Crippen LogP contribution in [0.5, 0.6) is 17.2 Å². The monoisotopic (exact) mass is 384 g/mol. The highest BCUT2D eigenvalue weighted by Gasteiger charge is 2.13. The molecule has 1 N–H and O–H groups in total. The van der Waals surface area contributed by atoms with Gasteiger partial charge in [-0.25, -0.2) is 5.43 Å². The van der Waals surface area contributed by atoms with Crippen LogP contribution in [0.2, 0.25) is 0 Å². The van der Waals surface area contributed by atoms with Crippen molar-refractivity contribution in [1.29, 1.82) is 0 Å². The lowest BCUT2D eigenvalue weighted by molar-refractivity contribution is -0.123. The standard InChI is InChI=1S/C22H28N2O4/c1-6-27-19-12-7-16(13-20(19)26-5)14-23-24-21(25)15-28-18-10-8-17(9-11-18)22(2,3)4/h7-14H,6,15H2,1-5H3,(H,24,25)/b23-14+. The number of hydrazone groups is 1. The van der Waals surface area contributed by atoms with Crippen LogP contribution >= 0.6 is 0 Å². The molecule has 150 valence electrons. The first-order valence-electron chi connectivity index (χ1n) is 9.19. The Bertz CT molecular complexity index is 808. The molecule has 0 aromatic heterocycles. The van der Waals surface area contributed by atoms with E-state index in [2.05, 4.69) is 31.3 Å². The molecule has 0 aliphatic rings. The largest absolute Gasteiger partial charge is 0.493 e. The molecule has 0 atom stereocenters. The van der Waals surface area contributed by atoms with Gasteiger partial charge in [0.1, 0.15) is 5.75 Å². The van der Waals surface area contributed by atoms with E-state index in [1.165, 1.54) is 11.8 Å². The van der Waals surface area contributed by atoms with Crippen LogP contribution in [-0.4, -0.2) is 32.4 Å². The molecule has 0 aliphatic heterocycles. The van der Waals surface area contributed by atoms with Gasteiger partial charge in [-0.3, -0.25) is 4.79 Å². The van der Waals surface area contributed by atoms with E-state index in [0.717, 1.165) is 5.56 Å². The molecular formula is C22H28N2O4. The normalized spacial score (nSPS) is 11.3. The summed E-state index contributed by atoms with van der Waals surface area (Å²) in [6.07, 6.45) is 1.54. The van der Waals surface area contributed by atoms with Gasteiger partial charge in [0.15, 0.2) is 18.1 Å². The van der Waals surface area contributed by atoms with Gasteiger partial charge in [-0.05, 0) is 53.8 Å². The molecule has 0 bridgehead atoms. The summed E-state index contributed by atoms with van der Waals surface area (Å²) >= 11 is 0. The zero-order valence-electron chi connectivity index (χ0n) is 17.1. The Morgan fingerprint density at radius 1 is 1.07 bits per heavy atom. The molecule has 2 aromatic rings. The van der Waals surface area contributed by atoms with Crippen molar-refractivity contribution in [2.45, 2.75) is 33.1 Å². The molecule has 2 rings (SSSR count). The lowest BCUT2D eigenvalue weighted by Crippen LogP contribution is -2.24. The van der Waals surface area contributed by atoms with Gasteiger partial charge in [-0.15, -0.1) is 0 Å². The predicted molar refractivity (Wildman–Crippen MR) is 111 cm³/mol. The molecule has 1 amide bonds. The highest BCUT2D eigenvalue weighted by Crippen LogP contribution is 2.27. The minimum atomic E-state index is -0.339. The number of nitrogens with zero attached hydrogens (tertiary/aromatic N) is 1. The number of ether oxygens (including phenoxy) is 3. The van der Waals surface area contributed by atoms with Crippen LogP contribution in [0.4, 0.5) is 0 Å². The summed E-state index contributed by atoms with van der Waals surface area (Å²) in [5.41, 5.74) is 4.51. The predicted octanol–water partition coefficient (Wildman–Crippen LogP) is 3.92. The van der Waals surface area contributed by atoms with Gasteiger partial charge in [0.2, 0.25) is 0 Å². The van der Waals surface area contributed by atoms with Crippen molar-refractivity contribution in [3.8, 4) is 17.2 Å². The molecule has 0 unspecified atom stereocenters. The molecule has 28 heavy (non-hydrogen) atoms. The number of hydrogen-bond acceptors (Lipinski definition) is 5. The maximum atomic E-state index is 11.9. The van der Waals surface area contributed by atoms with Crippen LogP contribution in [0.15, 0.2) is 47.6 Å². The van der Waals surface area contributed by atoms with E-state index in [9.17, 15) is 4.79 Å². The van der Waals surface area contributed by atoms with Crippen molar-refractivity contribution in [3.63, 3.8) is 0 Å². The van der Waals surface area contributed by atoms with Crippen LogP contribution < -0.4 is 19.6 Å². The zero-order valence-corrected chi connectivity index (χ0v) is 17.1. The fourth-order valence-electron chi connectivity index (χ4n) is 2.45. The lowest BCUT2D eigenvalue weighted by atomic mass is 9.87. The van der Waals surface area contributed by atoms with Crippen LogP contribution in [0, 0.1) is 0 Å². The molecule has 0 saturated carbocycles. The third-order valence-electron chi connectivity index (χ3n) is 3.98. The highest BCUT2D eigenvalue weighted by atomic mass is 16.5. The van der Waals surface area contributed by atoms with Crippen molar-refractivity contribution < 1.29 is 19.0 Å². The van der Waals surface area contributed by atoms with E-state index < -0.39 is 0 Å². The van der Waals surface area contributed by atoms with Gasteiger partial charge in [-0.1, -0.05) is 32.9 Å². The van der Waals surface area contributed by atoms with Crippen molar-refractivity contribution in [3.05, 3.63) is 53.6 Å². The van der Waals surface area contributed by atoms with Gasteiger partial charge in [-0.2, -0.15) is 5.10 Å². The first-order valence-corrected chi connectivity index (χ1v) is 9.19. The Balaban J connectivity index is 1.85. The van der Waals surface area contributed by atoms with Crippen molar-refractivity contribution in [1.82, 2.24) is 5.43 Å². The SMILES string of the molecule is CCOc1ccc(/C=N/NC(=O)COc2ccc(C(C)(C)C)cc2)cc1OC. The molecule has 0 radical (unpaired) electrons. The molecule has 0 fully saturated rings. The minimum Gasteiger partial charge on any atom is -0.493 e. The number of methoxy groups -OCH3 is 1. The van der Waals surface area contributed by atoms with E-state index in [1.807, 2.05) is 37.3 Å². The summed E-state index contributed by atoms with van der Waals surface area (Å²) in [7, 11) is 1.58. The quantitative estimate of drug-likeness (QED) is 0.553. The third kappa shape index (κ3) is 6.30. The Morgan fingerprint density at radius 3 is 2.39 bits per heavy atom. The molecule has 0 heterocycles. The average molecular weight is 384 g/mol. The second-order valence-corrected chi connectivity index (χ2v) is 7.20. The van der Waals surface area contributed by atoms with Gasteiger partial charge in [0.25, 0.3) is 5.91 Å². The Labute approximate surface area is 166 Å². The first kappa shape index (κ1) is 21.3. The smallest absolute Gasteiger partial charge is 0.277 e.